The van der Waals surface area contributed by atoms with Gasteiger partial charge in [0, 0.05) is 38.1 Å². The highest BCUT2D eigenvalue weighted by Gasteiger charge is 2.19. The van der Waals surface area contributed by atoms with E-state index in [1.165, 1.54) is 12.1 Å². The van der Waals surface area contributed by atoms with E-state index < -0.39 is 5.91 Å². The number of nitriles is 1. The summed E-state index contributed by atoms with van der Waals surface area (Å²) >= 11 is 0. The predicted molar refractivity (Wildman–Crippen MR) is 113 cm³/mol. The number of methoxy groups -OCH3 is 1. The molecule has 1 aliphatic rings. The largest absolute Gasteiger partial charge is 0.497 e. The number of rotatable bonds is 6. The van der Waals surface area contributed by atoms with E-state index in [0.29, 0.717) is 13.1 Å². The second kappa shape index (κ2) is 9.79. The Morgan fingerprint density at radius 1 is 1.13 bits per heavy atom. The monoisotopic (exact) mass is 408 g/mol. The molecule has 1 aliphatic heterocycles. The molecular weight excluding hydrogens is 383 g/mol. The third-order valence-corrected chi connectivity index (χ3v) is 5.15. The molecule has 0 aliphatic carbocycles. The van der Waals surface area contributed by atoms with E-state index in [0.717, 1.165) is 30.1 Å². The first kappa shape index (κ1) is 21.2. The highest BCUT2D eigenvalue weighted by atomic mass is 19.1. The first-order valence-corrected chi connectivity index (χ1v) is 9.81. The lowest BCUT2D eigenvalue weighted by molar-refractivity contribution is -0.117. The van der Waals surface area contributed by atoms with Crippen LogP contribution < -0.4 is 15.0 Å². The number of anilines is 1. The van der Waals surface area contributed by atoms with E-state index in [9.17, 15) is 14.4 Å². The summed E-state index contributed by atoms with van der Waals surface area (Å²) in [5, 5.41) is 12.3. The summed E-state index contributed by atoms with van der Waals surface area (Å²) in [4.78, 5) is 16.7. The number of benzene rings is 2. The minimum absolute atomic E-state index is 0.0746. The minimum atomic E-state index is -0.401. The van der Waals surface area contributed by atoms with Crippen molar-refractivity contribution in [2.45, 2.75) is 13.0 Å². The van der Waals surface area contributed by atoms with Gasteiger partial charge < -0.3 is 19.9 Å². The van der Waals surface area contributed by atoms with E-state index in [1.807, 2.05) is 42.2 Å². The van der Waals surface area contributed by atoms with Crippen LogP contribution >= 0.6 is 0 Å². The van der Waals surface area contributed by atoms with Gasteiger partial charge >= 0.3 is 0 Å². The molecule has 1 unspecified atom stereocenters. The normalized spacial score (nSPS) is 15.3. The van der Waals surface area contributed by atoms with Gasteiger partial charge in [-0.15, -0.1) is 0 Å². The summed E-state index contributed by atoms with van der Waals surface area (Å²) in [6, 6.07) is 15.6. The van der Waals surface area contributed by atoms with E-state index in [2.05, 4.69) is 10.2 Å². The smallest absolute Gasteiger partial charge is 0.263 e. The molecule has 1 atom stereocenters. The number of ether oxygens (including phenoxy) is 1. The average molecular weight is 408 g/mol. The molecule has 0 saturated carbocycles. The molecule has 1 saturated heterocycles. The third-order valence-electron chi connectivity index (χ3n) is 5.15. The van der Waals surface area contributed by atoms with Crippen LogP contribution in [-0.4, -0.2) is 44.1 Å². The van der Waals surface area contributed by atoms with Gasteiger partial charge in [-0.3, -0.25) is 4.79 Å². The molecule has 3 rings (SSSR count). The van der Waals surface area contributed by atoms with Gasteiger partial charge in [0.1, 0.15) is 23.2 Å². The molecule has 1 heterocycles. The van der Waals surface area contributed by atoms with Crippen molar-refractivity contribution >= 4 is 11.6 Å². The van der Waals surface area contributed by atoms with Gasteiger partial charge in [0.15, 0.2) is 0 Å². The molecule has 30 heavy (non-hydrogen) atoms. The van der Waals surface area contributed by atoms with Gasteiger partial charge in [-0.1, -0.05) is 12.1 Å². The Balaban J connectivity index is 1.57. The maximum Gasteiger partial charge on any atom is 0.263 e. The Morgan fingerprint density at radius 2 is 1.77 bits per heavy atom. The fourth-order valence-electron chi connectivity index (χ4n) is 3.33. The molecular formula is C23H25FN4O2. The van der Waals surface area contributed by atoms with Crippen LogP contribution in [0.3, 0.4) is 0 Å². The van der Waals surface area contributed by atoms with Gasteiger partial charge in [-0.25, -0.2) is 4.39 Å². The zero-order chi connectivity index (χ0) is 21.5. The number of nitrogens with zero attached hydrogens (tertiary/aromatic N) is 3. The Labute approximate surface area is 176 Å². The first-order valence-electron chi connectivity index (χ1n) is 9.81. The van der Waals surface area contributed by atoms with Crippen LogP contribution in [0.4, 0.5) is 10.1 Å². The number of carbonyl (C=O) groups excluding carboxylic acids is 1. The third kappa shape index (κ3) is 5.29. The zero-order valence-corrected chi connectivity index (χ0v) is 17.1. The lowest BCUT2D eigenvalue weighted by Crippen LogP contribution is -2.44. The van der Waals surface area contributed by atoms with Crippen LogP contribution in [-0.2, 0) is 4.79 Å². The summed E-state index contributed by atoms with van der Waals surface area (Å²) < 4.78 is 18.2. The van der Waals surface area contributed by atoms with Crippen LogP contribution in [0.25, 0.3) is 0 Å². The van der Waals surface area contributed by atoms with Gasteiger partial charge in [0.25, 0.3) is 5.91 Å². The molecule has 1 fully saturated rings. The fraction of sp³-hybridized carbons (Fsp3) is 0.304. The summed E-state index contributed by atoms with van der Waals surface area (Å²) in [7, 11) is 1.60. The molecule has 6 nitrogen and oxygen atoms in total. The van der Waals surface area contributed by atoms with Gasteiger partial charge in [-0.2, -0.15) is 5.26 Å². The van der Waals surface area contributed by atoms with Crippen LogP contribution in [0, 0.1) is 17.1 Å². The standard InChI is InChI=1S/C23H25FN4O2/c1-17(18-3-9-22(30-2)10-4-18)26-23(29)19(15-25)16-27-11-13-28(14-12-27)21-7-5-20(24)6-8-21/h3-10,16-17H,11-14H2,1-2H3,(H,26,29)/b19-16-. The second-order valence-electron chi connectivity index (χ2n) is 7.12. The summed E-state index contributed by atoms with van der Waals surface area (Å²) in [6.07, 6.45) is 1.62. The van der Waals surface area contributed by atoms with Crippen LogP contribution in [0.5, 0.6) is 5.75 Å². The van der Waals surface area contributed by atoms with E-state index in [1.54, 1.807) is 25.4 Å². The first-order chi connectivity index (χ1) is 14.5. The summed E-state index contributed by atoms with van der Waals surface area (Å²) in [5.41, 5.74) is 1.96. The van der Waals surface area contributed by atoms with E-state index >= 15 is 0 Å². The number of halogens is 1. The number of hydrogen-bond acceptors (Lipinski definition) is 5. The predicted octanol–water partition coefficient (Wildman–Crippen LogP) is 3.24. The molecule has 1 N–H and O–H groups in total. The van der Waals surface area contributed by atoms with Crippen molar-refractivity contribution in [1.29, 1.82) is 5.26 Å². The van der Waals surface area contributed by atoms with Crippen molar-refractivity contribution in [3.8, 4) is 11.8 Å². The zero-order valence-electron chi connectivity index (χ0n) is 17.1. The minimum Gasteiger partial charge on any atom is -0.497 e. The topological polar surface area (TPSA) is 68.6 Å². The molecule has 2 aromatic rings. The van der Waals surface area contributed by atoms with Crippen LogP contribution in [0.15, 0.2) is 60.3 Å². The molecule has 7 heteroatoms. The van der Waals surface area contributed by atoms with Crippen molar-refractivity contribution in [2.24, 2.45) is 0 Å². The van der Waals surface area contributed by atoms with Crippen molar-refractivity contribution in [3.05, 3.63) is 71.7 Å². The molecule has 0 aromatic heterocycles. The average Bonchev–Trinajstić information content (AvgIpc) is 2.78. The van der Waals surface area contributed by atoms with E-state index in [4.69, 9.17) is 4.74 Å². The van der Waals surface area contributed by atoms with Crippen LogP contribution in [0.1, 0.15) is 18.5 Å². The molecule has 1 amide bonds. The van der Waals surface area contributed by atoms with Gasteiger partial charge in [-0.05, 0) is 48.9 Å². The number of nitrogens with one attached hydrogen (secondary N) is 1. The Hall–Kier alpha value is -3.53. The number of carbonyl (C=O) groups is 1. The molecule has 2 aromatic carbocycles. The van der Waals surface area contributed by atoms with Gasteiger partial charge in [0.05, 0.1) is 13.2 Å². The number of piperazine rings is 1. The summed E-state index contributed by atoms with van der Waals surface area (Å²) in [6.45, 7) is 4.67. The molecule has 0 radical (unpaired) electrons. The number of amides is 1. The second-order valence-corrected chi connectivity index (χ2v) is 7.12. The Bertz CT molecular complexity index is 927. The SMILES string of the molecule is COc1ccc(C(C)NC(=O)/C(C#N)=C\N2CCN(c3ccc(F)cc3)CC2)cc1. The van der Waals surface area contributed by atoms with E-state index in [-0.39, 0.29) is 17.4 Å². The van der Waals surface area contributed by atoms with Crippen LogP contribution in [0.2, 0.25) is 0 Å². The fourth-order valence-corrected chi connectivity index (χ4v) is 3.33. The molecule has 156 valence electrons. The maximum atomic E-state index is 13.1. The lowest BCUT2D eigenvalue weighted by atomic mass is 10.1. The van der Waals surface area contributed by atoms with Gasteiger partial charge in [0.2, 0.25) is 0 Å². The molecule has 0 spiro atoms. The Kier molecular flexibility index (Phi) is 6.91. The molecule has 0 bridgehead atoms. The highest BCUT2D eigenvalue weighted by molar-refractivity contribution is 5.97. The quantitative estimate of drug-likeness (QED) is 0.587. The highest BCUT2D eigenvalue weighted by Crippen LogP contribution is 2.19. The lowest BCUT2D eigenvalue weighted by Gasteiger charge is -2.35. The van der Waals surface area contributed by atoms with Crippen molar-refractivity contribution in [3.63, 3.8) is 0 Å². The van der Waals surface area contributed by atoms with Crippen molar-refractivity contribution < 1.29 is 13.9 Å². The van der Waals surface area contributed by atoms with Crippen molar-refractivity contribution in [2.75, 3.05) is 38.2 Å². The summed E-state index contributed by atoms with van der Waals surface area (Å²) in [5.74, 6) is 0.0883. The number of hydrogen-bond donors (Lipinski definition) is 1. The maximum absolute atomic E-state index is 13.1. The van der Waals surface area contributed by atoms with Crippen molar-refractivity contribution in [1.82, 2.24) is 10.2 Å². The Morgan fingerprint density at radius 3 is 2.33 bits per heavy atom.